The quantitative estimate of drug-likeness (QED) is 0.839. The van der Waals surface area contributed by atoms with Crippen LogP contribution in [0.2, 0.25) is 0 Å². The van der Waals surface area contributed by atoms with Crippen molar-refractivity contribution < 1.29 is 9.84 Å². The van der Waals surface area contributed by atoms with Crippen molar-refractivity contribution in [3.63, 3.8) is 0 Å². The van der Waals surface area contributed by atoms with Gasteiger partial charge in [0.15, 0.2) is 11.5 Å². The fourth-order valence-electron chi connectivity index (χ4n) is 2.94. The number of benzene rings is 2. The molecule has 0 bridgehead atoms. The van der Waals surface area contributed by atoms with E-state index < -0.39 is 0 Å². The third-order valence-electron chi connectivity index (χ3n) is 4.21. The van der Waals surface area contributed by atoms with Crippen LogP contribution in [-0.4, -0.2) is 12.2 Å². The van der Waals surface area contributed by atoms with E-state index in [2.05, 4.69) is 26.0 Å². The van der Waals surface area contributed by atoms with Crippen LogP contribution in [0, 0.1) is 13.8 Å². The molecule has 0 aromatic heterocycles. The molecule has 2 nitrogen and oxygen atoms in total. The molecule has 0 atom stereocenters. The van der Waals surface area contributed by atoms with Gasteiger partial charge < -0.3 is 9.84 Å². The molecule has 0 amide bonds. The zero-order valence-corrected chi connectivity index (χ0v) is 11.6. The van der Waals surface area contributed by atoms with Crippen molar-refractivity contribution in [3.05, 3.63) is 46.5 Å². The molecule has 2 aromatic carbocycles. The van der Waals surface area contributed by atoms with Crippen molar-refractivity contribution in [1.82, 2.24) is 0 Å². The van der Waals surface area contributed by atoms with Gasteiger partial charge in [0, 0.05) is 0 Å². The molecule has 2 heteroatoms. The summed E-state index contributed by atoms with van der Waals surface area (Å²) in [5.41, 5.74) is 7.77. The van der Waals surface area contributed by atoms with Crippen LogP contribution in [0.4, 0.5) is 0 Å². The molecule has 1 N–H and O–H groups in total. The van der Waals surface area contributed by atoms with Crippen LogP contribution in [-0.2, 0) is 12.8 Å². The number of hydrogen-bond acceptors (Lipinski definition) is 2. The zero-order chi connectivity index (χ0) is 13.6. The lowest BCUT2D eigenvalue weighted by atomic mass is 9.82. The molecule has 2 aromatic rings. The average Bonchev–Trinajstić information content (AvgIpc) is 2.42. The molecule has 0 fully saturated rings. The summed E-state index contributed by atoms with van der Waals surface area (Å²) in [5, 5.41) is 9.99. The number of phenols is 1. The zero-order valence-electron chi connectivity index (χ0n) is 11.6. The highest BCUT2D eigenvalue weighted by Gasteiger charge is 2.20. The van der Waals surface area contributed by atoms with Crippen LogP contribution in [0.3, 0.4) is 0 Å². The van der Waals surface area contributed by atoms with E-state index in [9.17, 15) is 5.11 Å². The average molecular weight is 254 g/mol. The largest absolute Gasteiger partial charge is 0.504 e. The first kappa shape index (κ1) is 12.1. The maximum atomic E-state index is 9.99. The van der Waals surface area contributed by atoms with Crippen LogP contribution in [0.5, 0.6) is 11.5 Å². The Balaban J connectivity index is 2.25. The number of methoxy groups -OCH3 is 1. The fourth-order valence-corrected chi connectivity index (χ4v) is 2.94. The van der Waals surface area contributed by atoms with E-state index in [1.807, 2.05) is 12.1 Å². The number of phenolic OH excluding ortho intramolecular Hbond substituents is 1. The van der Waals surface area contributed by atoms with E-state index in [-0.39, 0.29) is 5.75 Å². The van der Waals surface area contributed by atoms with Gasteiger partial charge >= 0.3 is 0 Å². The lowest BCUT2D eigenvalue weighted by Crippen LogP contribution is -2.07. The molecule has 0 unspecified atom stereocenters. The summed E-state index contributed by atoms with van der Waals surface area (Å²) in [6.07, 6.45) is 2.06. The van der Waals surface area contributed by atoms with Crippen molar-refractivity contribution in [2.24, 2.45) is 0 Å². The Morgan fingerprint density at radius 1 is 1.05 bits per heavy atom. The monoisotopic (exact) mass is 254 g/mol. The van der Waals surface area contributed by atoms with Crippen molar-refractivity contribution in [3.8, 4) is 22.6 Å². The van der Waals surface area contributed by atoms with Crippen molar-refractivity contribution in [2.45, 2.75) is 26.7 Å². The number of hydrogen-bond donors (Lipinski definition) is 1. The van der Waals surface area contributed by atoms with Crippen LogP contribution in [0.25, 0.3) is 11.1 Å². The molecule has 0 saturated heterocycles. The standard InChI is InChI=1S/C17H18O2/c1-10-4-6-14-13(11(10)2)7-5-12-8-17(19-3)16(18)9-15(12)14/h4,6,8-9,18H,5,7H2,1-3H3. The maximum Gasteiger partial charge on any atom is 0.160 e. The lowest BCUT2D eigenvalue weighted by molar-refractivity contribution is 0.373. The van der Waals surface area contributed by atoms with Gasteiger partial charge in [-0.3, -0.25) is 0 Å². The van der Waals surface area contributed by atoms with E-state index in [0.717, 1.165) is 18.4 Å². The van der Waals surface area contributed by atoms with Crippen molar-refractivity contribution in [1.29, 1.82) is 0 Å². The number of ether oxygens (including phenoxy) is 1. The molecule has 0 heterocycles. The van der Waals surface area contributed by atoms with Gasteiger partial charge in [-0.25, -0.2) is 0 Å². The van der Waals surface area contributed by atoms with Gasteiger partial charge in [0.2, 0.25) is 0 Å². The maximum absolute atomic E-state index is 9.99. The molecule has 0 aliphatic heterocycles. The number of rotatable bonds is 1. The third-order valence-corrected chi connectivity index (χ3v) is 4.21. The van der Waals surface area contributed by atoms with Gasteiger partial charge in [-0.05, 0) is 72.2 Å². The second-order valence-corrected chi connectivity index (χ2v) is 5.21. The highest BCUT2D eigenvalue weighted by atomic mass is 16.5. The smallest absolute Gasteiger partial charge is 0.160 e. The minimum atomic E-state index is 0.215. The Morgan fingerprint density at radius 3 is 2.58 bits per heavy atom. The Kier molecular flexibility index (Phi) is 2.74. The Morgan fingerprint density at radius 2 is 1.84 bits per heavy atom. The second kappa shape index (κ2) is 4.30. The molecule has 3 rings (SSSR count). The van der Waals surface area contributed by atoms with Gasteiger partial charge in [-0.2, -0.15) is 0 Å². The lowest BCUT2D eigenvalue weighted by Gasteiger charge is -2.23. The highest BCUT2D eigenvalue weighted by molar-refractivity contribution is 5.77. The fraction of sp³-hybridized carbons (Fsp3) is 0.294. The summed E-state index contributed by atoms with van der Waals surface area (Å²) >= 11 is 0. The van der Waals surface area contributed by atoms with Gasteiger partial charge in [-0.15, -0.1) is 0 Å². The van der Waals surface area contributed by atoms with Gasteiger partial charge in [-0.1, -0.05) is 12.1 Å². The molecule has 0 saturated carbocycles. The van der Waals surface area contributed by atoms with E-state index in [0.29, 0.717) is 5.75 Å². The number of aryl methyl sites for hydroxylation is 2. The summed E-state index contributed by atoms with van der Waals surface area (Å²) in [7, 11) is 1.59. The van der Waals surface area contributed by atoms with E-state index >= 15 is 0 Å². The van der Waals surface area contributed by atoms with Gasteiger partial charge in [0.1, 0.15) is 0 Å². The second-order valence-electron chi connectivity index (χ2n) is 5.21. The van der Waals surface area contributed by atoms with E-state index in [4.69, 9.17) is 4.74 Å². The predicted molar refractivity (Wildman–Crippen MR) is 77.0 cm³/mol. The summed E-state index contributed by atoms with van der Waals surface area (Å²) in [6.45, 7) is 4.33. The third kappa shape index (κ3) is 1.79. The van der Waals surface area contributed by atoms with Crippen molar-refractivity contribution >= 4 is 0 Å². The molecule has 1 aliphatic rings. The predicted octanol–water partition coefficient (Wildman–Crippen LogP) is 3.78. The molecule has 19 heavy (non-hydrogen) atoms. The van der Waals surface area contributed by atoms with Gasteiger partial charge in [0.05, 0.1) is 7.11 Å². The minimum absolute atomic E-state index is 0.215. The molecular weight excluding hydrogens is 236 g/mol. The Bertz CT molecular complexity index is 657. The number of fused-ring (bicyclic) bond motifs is 3. The molecule has 1 aliphatic carbocycles. The number of aromatic hydroxyl groups is 1. The van der Waals surface area contributed by atoms with Crippen molar-refractivity contribution in [2.75, 3.05) is 7.11 Å². The minimum Gasteiger partial charge on any atom is -0.504 e. The molecule has 0 spiro atoms. The highest BCUT2D eigenvalue weighted by Crippen LogP contribution is 2.41. The van der Waals surface area contributed by atoms with Crippen LogP contribution in [0.1, 0.15) is 22.3 Å². The summed E-state index contributed by atoms with van der Waals surface area (Å²) < 4.78 is 5.19. The first-order valence-electron chi connectivity index (χ1n) is 6.61. The molecule has 0 radical (unpaired) electrons. The normalized spacial score (nSPS) is 12.8. The summed E-state index contributed by atoms with van der Waals surface area (Å²) in [5.74, 6) is 0.776. The SMILES string of the molecule is COc1cc2c(cc1O)-c1ccc(C)c(C)c1CC2. The summed E-state index contributed by atoms with van der Waals surface area (Å²) in [4.78, 5) is 0. The Hall–Kier alpha value is -1.96. The molecule has 98 valence electrons. The van der Waals surface area contributed by atoms with E-state index in [1.54, 1.807) is 7.11 Å². The Labute approximate surface area is 113 Å². The summed E-state index contributed by atoms with van der Waals surface area (Å²) in [6, 6.07) is 8.12. The first-order chi connectivity index (χ1) is 9.11. The van der Waals surface area contributed by atoms with Gasteiger partial charge in [0.25, 0.3) is 0 Å². The topological polar surface area (TPSA) is 29.5 Å². The van der Waals surface area contributed by atoms with Crippen LogP contribution in [0.15, 0.2) is 24.3 Å². The molecular formula is C17H18O2. The van der Waals surface area contributed by atoms with E-state index in [1.165, 1.54) is 27.8 Å². The first-order valence-corrected chi connectivity index (χ1v) is 6.61. The van der Waals surface area contributed by atoms with Crippen LogP contribution >= 0.6 is 0 Å². The van der Waals surface area contributed by atoms with Crippen LogP contribution < -0.4 is 4.74 Å².